The van der Waals surface area contributed by atoms with Gasteiger partial charge in [0.2, 0.25) is 11.4 Å². The molecule has 5 aromatic rings. The number of nitrogens with zero attached hydrogens (tertiary/aromatic N) is 4. The molecule has 0 fully saturated rings. The molecule has 0 aliphatic carbocycles. The molecule has 5 aromatic carbocycles. The van der Waals surface area contributed by atoms with Crippen LogP contribution in [0.3, 0.4) is 0 Å². The van der Waals surface area contributed by atoms with Gasteiger partial charge in [-0.2, -0.15) is 63.2 Å². The van der Waals surface area contributed by atoms with Crippen molar-refractivity contribution >= 4 is 17.0 Å². The highest BCUT2D eigenvalue weighted by atomic mass is 19.4. The maximum atomic E-state index is 14.7. The molecule has 18 heteroatoms. The third-order valence-electron chi connectivity index (χ3n) is 9.03. The fourth-order valence-corrected chi connectivity index (χ4v) is 6.52. The van der Waals surface area contributed by atoms with E-state index in [2.05, 4.69) is 9.69 Å². The Balaban J connectivity index is 2.25. The van der Waals surface area contributed by atoms with Crippen LogP contribution >= 0.6 is 0 Å². The lowest BCUT2D eigenvalue weighted by Crippen LogP contribution is -2.24. The molecule has 0 amide bonds. The third kappa shape index (κ3) is 8.36. The van der Waals surface area contributed by atoms with Crippen molar-refractivity contribution in [1.29, 1.82) is 10.5 Å². The number of hydrogen-bond acceptors (Lipinski definition) is 2. The Morgan fingerprint density at radius 3 is 1.57 bits per heavy atom. The zero-order valence-corrected chi connectivity index (χ0v) is 30.0. The molecule has 0 saturated carbocycles. The third-order valence-corrected chi connectivity index (χ3v) is 9.03. The van der Waals surface area contributed by atoms with E-state index in [0.29, 0.717) is 36.4 Å². The van der Waals surface area contributed by atoms with E-state index in [0.717, 1.165) is 38.1 Å². The maximum absolute atomic E-state index is 14.7. The molecular weight excluding hydrogens is 826 g/mol. The first-order valence-electron chi connectivity index (χ1n) is 16.4. The summed E-state index contributed by atoms with van der Waals surface area (Å²) in [6.45, 7) is 17.1. The predicted octanol–water partition coefficient (Wildman–Crippen LogP) is 12.2. The molecule has 4 nitrogen and oxygen atoms in total. The number of halogens is 14. The van der Waals surface area contributed by atoms with Gasteiger partial charge in [0.25, 0.3) is 0 Å². The Morgan fingerprint density at radius 2 is 1.08 bits per heavy atom. The number of aryl methyl sites for hydroxylation is 2. The van der Waals surface area contributed by atoms with Crippen LogP contribution < -0.4 is 10.4 Å². The molecule has 0 saturated heterocycles. The smallest absolute Gasteiger partial charge is 0.237 e. The number of nitriles is 2. The van der Waals surface area contributed by atoms with Gasteiger partial charge in [-0.1, -0.05) is 23.8 Å². The van der Waals surface area contributed by atoms with E-state index in [1.807, 2.05) is 0 Å². The second-order valence-electron chi connectivity index (χ2n) is 12.9. The minimum absolute atomic E-state index is 0.285. The van der Waals surface area contributed by atoms with Crippen LogP contribution in [0, 0.1) is 61.3 Å². The van der Waals surface area contributed by atoms with E-state index in [1.54, 1.807) is 0 Å². The van der Waals surface area contributed by atoms with Crippen LogP contribution in [0.1, 0.15) is 50.1 Å². The van der Waals surface area contributed by atoms with Crippen LogP contribution in [0.5, 0.6) is 0 Å². The van der Waals surface area contributed by atoms with E-state index >= 15 is 0 Å². The van der Waals surface area contributed by atoms with E-state index in [9.17, 15) is 72.0 Å². The summed E-state index contributed by atoms with van der Waals surface area (Å²) in [4.78, 5) is 6.19. The lowest BCUT2D eigenvalue weighted by atomic mass is 9.86. The summed E-state index contributed by atoms with van der Waals surface area (Å²) in [5, 5.41) is 18.5. The fraction of sp³-hybridized carbons (Fsp3) is 0.143. The predicted molar refractivity (Wildman–Crippen MR) is 187 cm³/mol. The number of benzene rings is 5. The molecule has 0 bridgehead atoms. The van der Waals surface area contributed by atoms with Crippen LogP contribution in [-0.4, -0.2) is 0 Å². The number of alkyl halides is 12. The summed E-state index contributed by atoms with van der Waals surface area (Å²) in [5.74, 6) is -2.37. The first-order valence-corrected chi connectivity index (χ1v) is 16.4. The van der Waals surface area contributed by atoms with Gasteiger partial charge in [0.15, 0.2) is 0 Å². The van der Waals surface area contributed by atoms with Crippen LogP contribution in [0.4, 0.5) is 67.2 Å². The first-order chi connectivity index (χ1) is 27.8. The summed E-state index contributed by atoms with van der Waals surface area (Å²) in [6, 6.07) is 9.26. The second-order valence-corrected chi connectivity index (χ2v) is 12.9. The van der Waals surface area contributed by atoms with Gasteiger partial charge in [-0.15, -0.1) is 0 Å². The van der Waals surface area contributed by atoms with Gasteiger partial charge in [0.05, 0.1) is 46.5 Å². The van der Waals surface area contributed by atoms with E-state index in [4.69, 9.17) is 13.1 Å². The van der Waals surface area contributed by atoms with Crippen LogP contribution in [-0.2, 0) is 24.7 Å². The highest BCUT2D eigenvalue weighted by Crippen LogP contribution is 2.44. The highest BCUT2D eigenvalue weighted by Gasteiger charge is 2.43. The van der Waals surface area contributed by atoms with Crippen LogP contribution in [0.25, 0.3) is 43.2 Å². The molecule has 0 aromatic heterocycles. The minimum atomic E-state index is -5.61. The molecule has 0 spiro atoms. The van der Waals surface area contributed by atoms with Crippen LogP contribution in [0.15, 0.2) is 72.8 Å². The van der Waals surface area contributed by atoms with E-state index in [-0.39, 0.29) is 12.1 Å². The van der Waals surface area contributed by atoms with Gasteiger partial charge in [-0.3, -0.25) is 0 Å². The lowest BCUT2D eigenvalue weighted by Gasteiger charge is -2.21. The van der Waals surface area contributed by atoms with E-state index in [1.165, 1.54) is 12.1 Å². The fourth-order valence-electron chi connectivity index (χ4n) is 6.52. The van der Waals surface area contributed by atoms with Gasteiger partial charge < -0.3 is 0 Å². The Labute approximate surface area is 329 Å². The summed E-state index contributed by atoms with van der Waals surface area (Å²) in [5.41, 5.74) is -18.2. The molecule has 60 heavy (non-hydrogen) atoms. The molecule has 0 radical (unpaired) electrons. The molecule has 0 atom stereocenters. The van der Waals surface area contributed by atoms with Gasteiger partial charge in [-0.25, -0.2) is 18.5 Å². The minimum Gasteiger partial charge on any atom is -0.237 e. The van der Waals surface area contributed by atoms with Crippen molar-refractivity contribution in [3.05, 3.63) is 168 Å². The normalized spacial score (nSPS) is 13.1. The topological polar surface area (TPSA) is 56.3 Å². The Kier molecular flexibility index (Phi) is 11.4. The molecule has 5 rings (SSSR count). The molecular formula is C42H18F14N4. The highest BCUT2D eigenvalue weighted by molar-refractivity contribution is 5.89. The zero-order valence-electron chi connectivity index (χ0n) is 30.0. The maximum Gasteiger partial charge on any atom is 0.417 e. The summed E-state index contributed by atoms with van der Waals surface area (Å²) in [6.07, 6.45) is -22.1. The molecule has 0 unspecified atom stereocenters. The molecule has 0 aliphatic rings. The van der Waals surface area contributed by atoms with Gasteiger partial charge in [0, 0.05) is 10.8 Å². The molecule has 0 aliphatic heterocycles. The largest absolute Gasteiger partial charge is 0.417 e. The SMILES string of the molecule is [C-]#[N+]/C(c1c(C)cc(C(F)(F)F)cc1C(F)(F)F)=c1/cc(-c2ccc(F)c(C#N)c2)/c(=C(\C#N)c2c(C(F)(F)F)cc(C)cc2C(F)(F)F)cc1-c1ccc(F)c([N+]#[C-])c1. The van der Waals surface area contributed by atoms with Crippen molar-refractivity contribution in [2.75, 3.05) is 0 Å². The Bertz CT molecular complexity index is 2870. The standard InChI is InChI=1S/C42H18F14N4/c1-19-9-30(40(48,49)50)37(31(10-19)41(51,52)53)29(18-58)27-15-26(22-6-8-34(44)35(13-22)59-3)28(16-25(27)21-5-7-33(43)23(12-21)17-57)38(60-4)36-20(2)11-24(39(45,46)47)14-32(36)42(54,55)56/h5-16H,1-2H3/b29-27+,38-28-. The van der Waals surface area contributed by atoms with Gasteiger partial charge >= 0.3 is 24.7 Å². The summed E-state index contributed by atoms with van der Waals surface area (Å²) in [7, 11) is 0. The van der Waals surface area contributed by atoms with Crippen molar-refractivity contribution in [2.24, 2.45) is 0 Å². The quantitative estimate of drug-likeness (QED) is 0.134. The summed E-state index contributed by atoms with van der Waals surface area (Å²) < 4.78 is 203. The number of hydrogen-bond donors (Lipinski definition) is 0. The van der Waals surface area contributed by atoms with Gasteiger partial charge in [0.1, 0.15) is 23.8 Å². The Morgan fingerprint density at radius 1 is 0.583 bits per heavy atom. The van der Waals surface area contributed by atoms with Gasteiger partial charge in [-0.05, 0) is 107 Å². The zero-order chi connectivity index (χ0) is 44.9. The molecule has 0 N–H and O–H groups in total. The monoisotopic (exact) mass is 844 g/mol. The van der Waals surface area contributed by atoms with E-state index < -0.39 is 136 Å². The average Bonchev–Trinajstić information content (AvgIpc) is 3.15. The first kappa shape index (κ1) is 43.9. The summed E-state index contributed by atoms with van der Waals surface area (Å²) >= 11 is 0. The Hall–Kier alpha value is -7.18. The lowest BCUT2D eigenvalue weighted by molar-refractivity contribution is -0.145. The second kappa shape index (κ2) is 15.5. The van der Waals surface area contributed by atoms with Crippen molar-refractivity contribution < 1.29 is 61.5 Å². The van der Waals surface area contributed by atoms with Crippen molar-refractivity contribution in [3.8, 4) is 34.4 Å². The van der Waals surface area contributed by atoms with Crippen molar-refractivity contribution in [2.45, 2.75) is 38.6 Å². The van der Waals surface area contributed by atoms with Crippen molar-refractivity contribution in [3.63, 3.8) is 0 Å². The molecule has 0 heterocycles. The average molecular weight is 845 g/mol. The number of rotatable bonds is 4. The molecule has 304 valence electrons. The van der Waals surface area contributed by atoms with Crippen LogP contribution in [0.2, 0.25) is 0 Å². The van der Waals surface area contributed by atoms with Crippen molar-refractivity contribution in [1.82, 2.24) is 0 Å².